The molecule has 4 nitrogen and oxygen atoms in total. The van der Waals surface area contributed by atoms with Crippen LogP contribution < -0.4 is 0 Å². The summed E-state index contributed by atoms with van der Waals surface area (Å²) in [5.41, 5.74) is 0. The highest BCUT2D eigenvalue weighted by Gasteiger charge is 2.54. The van der Waals surface area contributed by atoms with E-state index >= 15 is 0 Å². The van der Waals surface area contributed by atoms with Gasteiger partial charge in [0.05, 0.1) is 13.0 Å². The van der Waals surface area contributed by atoms with Crippen molar-refractivity contribution in [1.29, 1.82) is 0 Å². The van der Waals surface area contributed by atoms with E-state index in [2.05, 4.69) is 11.8 Å². The fourth-order valence-electron chi connectivity index (χ4n) is 5.35. The number of ketones is 1. The summed E-state index contributed by atoms with van der Waals surface area (Å²) in [6, 6.07) is 0.532. The number of nitrogens with zero attached hydrogens (tertiary/aromatic N) is 1. The molecule has 3 fully saturated rings. The lowest BCUT2D eigenvalue weighted by molar-refractivity contribution is -0.151. The second-order valence-corrected chi connectivity index (χ2v) is 7.17. The van der Waals surface area contributed by atoms with Gasteiger partial charge in [-0.15, -0.1) is 0 Å². The number of hydrogen-bond donors (Lipinski definition) is 0. The summed E-state index contributed by atoms with van der Waals surface area (Å²) in [6.07, 6.45) is 5.98. The standard InChI is InChI=1S/C18H29NO3/c1-3-12-13-7-5-6-9-19-10-8-14(17(13)19)15(18(12)21)11-16(20)22-4-2/h12-15,17H,3-11H2,1-2H3/t12-,13-,14+,15+,17-/m1/s1. The molecular weight excluding hydrogens is 278 g/mol. The van der Waals surface area contributed by atoms with Gasteiger partial charge in [-0.3, -0.25) is 14.5 Å². The fraction of sp³-hybridized carbons (Fsp3) is 0.889. The van der Waals surface area contributed by atoms with Crippen LogP contribution in [0.1, 0.15) is 52.4 Å². The van der Waals surface area contributed by atoms with E-state index in [1.165, 1.54) is 25.8 Å². The fourth-order valence-corrected chi connectivity index (χ4v) is 5.35. The maximum absolute atomic E-state index is 13.0. The Kier molecular flexibility index (Phi) is 4.86. The number of hydrogen-bond acceptors (Lipinski definition) is 4. The van der Waals surface area contributed by atoms with Gasteiger partial charge in [0.15, 0.2) is 0 Å². The van der Waals surface area contributed by atoms with Crippen LogP contribution in [0.4, 0.5) is 0 Å². The van der Waals surface area contributed by atoms with E-state index in [4.69, 9.17) is 4.74 Å². The minimum absolute atomic E-state index is 0.103. The molecule has 124 valence electrons. The SMILES string of the molecule is CCOC(=O)C[C@@H]1C(=O)[C@H](CC)[C@H]2CCCCN3CC[C@@H]1[C@@H]23. The third kappa shape index (κ3) is 2.70. The molecule has 5 atom stereocenters. The first-order chi connectivity index (χ1) is 10.7. The van der Waals surface area contributed by atoms with Crippen LogP contribution in [0.5, 0.6) is 0 Å². The first-order valence-electron chi connectivity index (χ1n) is 9.10. The third-order valence-corrected chi connectivity index (χ3v) is 6.18. The van der Waals surface area contributed by atoms with Crippen molar-refractivity contribution in [2.24, 2.45) is 23.7 Å². The van der Waals surface area contributed by atoms with Crippen molar-refractivity contribution in [3.63, 3.8) is 0 Å². The average molecular weight is 307 g/mol. The summed E-state index contributed by atoms with van der Waals surface area (Å²) in [5.74, 6) is 1.10. The Bertz CT molecular complexity index is 436. The zero-order valence-electron chi connectivity index (χ0n) is 13.9. The third-order valence-electron chi connectivity index (χ3n) is 6.18. The molecule has 0 aromatic heterocycles. The van der Waals surface area contributed by atoms with Gasteiger partial charge in [-0.05, 0) is 57.5 Å². The van der Waals surface area contributed by atoms with Crippen LogP contribution in [0.25, 0.3) is 0 Å². The van der Waals surface area contributed by atoms with Crippen molar-refractivity contribution in [2.45, 2.75) is 58.4 Å². The number of esters is 1. The highest BCUT2D eigenvalue weighted by molar-refractivity contribution is 5.88. The van der Waals surface area contributed by atoms with Crippen molar-refractivity contribution >= 4 is 11.8 Å². The maximum atomic E-state index is 13.0. The smallest absolute Gasteiger partial charge is 0.306 e. The normalized spacial score (nSPS) is 38.5. The van der Waals surface area contributed by atoms with Gasteiger partial charge >= 0.3 is 5.97 Å². The van der Waals surface area contributed by atoms with E-state index in [0.29, 0.717) is 36.7 Å². The van der Waals surface area contributed by atoms with Crippen LogP contribution in [0.15, 0.2) is 0 Å². The van der Waals surface area contributed by atoms with Gasteiger partial charge in [-0.1, -0.05) is 13.3 Å². The second kappa shape index (κ2) is 6.69. The van der Waals surface area contributed by atoms with Gasteiger partial charge in [0.2, 0.25) is 0 Å². The minimum atomic E-state index is -0.193. The first-order valence-corrected chi connectivity index (χ1v) is 9.10. The van der Waals surface area contributed by atoms with E-state index in [1.807, 2.05) is 6.92 Å². The quantitative estimate of drug-likeness (QED) is 0.749. The summed E-state index contributed by atoms with van der Waals surface area (Å²) in [7, 11) is 0. The van der Waals surface area contributed by atoms with Crippen molar-refractivity contribution in [3.05, 3.63) is 0 Å². The predicted octanol–water partition coefficient (Wildman–Crippen LogP) is 2.66. The van der Waals surface area contributed by atoms with Crippen molar-refractivity contribution in [3.8, 4) is 0 Å². The zero-order chi connectivity index (χ0) is 15.7. The van der Waals surface area contributed by atoms with Crippen molar-refractivity contribution in [2.75, 3.05) is 19.7 Å². The molecule has 0 aromatic rings. The van der Waals surface area contributed by atoms with Crippen LogP contribution in [-0.2, 0) is 14.3 Å². The van der Waals surface area contributed by atoms with E-state index in [9.17, 15) is 9.59 Å². The molecule has 0 unspecified atom stereocenters. The summed E-state index contributed by atoms with van der Waals surface area (Å²) >= 11 is 0. The van der Waals surface area contributed by atoms with Crippen molar-refractivity contribution in [1.82, 2.24) is 4.90 Å². The molecule has 0 aromatic carbocycles. The Balaban J connectivity index is 1.85. The topological polar surface area (TPSA) is 46.6 Å². The average Bonchev–Trinajstić information content (AvgIpc) is 2.80. The lowest BCUT2D eigenvalue weighted by atomic mass is 9.62. The van der Waals surface area contributed by atoms with Gasteiger partial charge in [-0.2, -0.15) is 0 Å². The molecule has 3 rings (SSSR count). The van der Waals surface area contributed by atoms with Crippen LogP contribution in [0, 0.1) is 23.7 Å². The van der Waals surface area contributed by atoms with E-state index in [-0.39, 0.29) is 17.8 Å². The Labute approximate surface area is 133 Å². The van der Waals surface area contributed by atoms with Gasteiger partial charge in [0.1, 0.15) is 5.78 Å². The van der Waals surface area contributed by atoms with Crippen LogP contribution in [-0.4, -0.2) is 42.4 Å². The Hall–Kier alpha value is -0.900. The number of carbonyl (C=O) groups excluding carboxylic acids is 2. The van der Waals surface area contributed by atoms with Gasteiger partial charge < -0.3 is 4.74 Å². The largest absolute Gasteiger partial charge is 0.466 e. The lowest BCUT2D eigenvalue weighted by Crippen LogP contribution is -2.52. The number of rotatable bonds is 4. The van der Waals surface area contributed by atoms with Crippen LogP contribution in [0.3, 0.4) is 0 Å². The molecule has 1 saturated carbocycles. The number of Topliss-reactive ketones (excluding diaryl/α,β-unsaturated/α-hetero) is 1. The molecule has 0 bridgehead atoms. The Morgan fingerprint density at radius 1 is 1.14 bits per heavy atom. The molecule has 22 heavy (non-hydrogen) atoms. The molecule has 0 radical (unpaired) electrons. The van der Waals surface area contributed by atoms with E-state index in [1.54, 1.807) is 0 Å². The highest BCUT2D eigenvalue weighted by Crippen LogP contribution is 2.49. The number of carbonyl (C=O) groups is 2. The molecular formula is C18H29NO3. The summed E-state index contributed by atoms with van der Waals surface area (Å²) < 4.78 is 5.12. The van der Waals surface area contributed by atoms with E-state index in [0.717, 1.165) is 19.4 Å². The molecule has 0 spiro atoms. The van der Waals surface area contributed by atoms with Gasteiger partial charge in [0, 0.05) is 17.9 Å². The summed E-state index contributed by atoms with van der Waals surface area (Å²) in [6.45, 7) is 6.64. The van der Waals surface area contributed by atoms with Gasteiger partial charge in [0.25, 0.3) is 0 Å². The molecule has 3 aliphatic rings. The lowest BCUT2D eigenvalue weighted by Gasteiger charge is -2.45. The molecule has 0 amide bonds. The predicted molar refractivity (Wildman–Crippen MR) is 84.3 cm³/mol. The second-order valence-electron chi connectivity index (χ2n) is 7.17. The Morgan fingerprint density at radius 2 is 1.91 bits per heavy atom. The maximum Gasteiger partial charge on any atom is 0.306 e. The molecule has 4 heteroatoms. The van der Waals surface area contributed by atoms with Crippen molar-refractivity contribution < 1.29 is 14.3 Å². The van der Waals surface area contributed by atoms with Crippen LogP contribution in [0.2, 0.25) is 0 Å². The minimum Gasteiger partial charge on any atom is -0.466 e. The van der Waals surface area contributed by atoms with Gasteiger partial charge in [-0.25, -0.2) is 0 Å². The molecule has 2 saturated heterocycles. The Morgan fingerprint density at radius 3 is 2.64 bits per heavy atom. The molecule has 2 heterocycles. The highest BCUT2D eigenvalue weighted by atomic mass is 16.5. The zero-order valence-corrected chi connectivity index (χ0v) is 13.9. The summed E-state index contributed by atoms with van der Waals surface area (Å²) in [5, 5.41) is 0. The first kappa shape index (κ1) is 16.0. The molecule has 1 aliphatic carbocycles. The monoisotopic (exact) mass is 307 g/mol. The van der Waals surface area contributed by atoms with Crippen LogP contribution >= 0.6 is 0 Å². The molecule has 0 N–H and O–H groups in total. The number of ether oxygens (including phenoxy) is 1. The van der Waals surface area contributed by atoms with E-state index < -0.39 is 0 Å². The summed E-state index contributed by atoms with van der Waals surface area (Å²) in [4.78, 5) is 27.6. The molecule has 2 aliphatic heterocycles.